The molecule has 0 aromatic heterocycles. The van der Waals surface area contributed by atoms with Crippen LogP contribution in [0.5, 0.6) is 0 Å². The van der Waals surface area contributed by atoms with Gasteiger partial charge in [0.1, 0.15) is 0 Å². The van der Waals surface area contributed by atoms with E-state index in [-0.39, 0.29) is 6.61 Å². The molecule has 0 bridgehead atoms. The van der Waals surface area contributed by atoms with Gasteiger partial charge in [0.05, 0.1) is 12.2 Å². The Morgan fingerprint density at radius 3 is 2.45 bits per heavy atom. The van der Waals surface area contributed by atoms with Gasteiger partial charge in [-0.2, -0.15) is 0 Å². The monoisotopic (exact) mass is 158 g/mol. The minimum Gasteiger partial charge on any atom is -0.396 e. The number of hydrogen-bond acceptors (Lipinski definition) is 2. The summed E-state index contributed by atoms with van der Waals surface area (Å²) < 4.78 is 5.70. The molecule has 1 saturated heterocycles. The highest BCUT2D eigenvalue weighted by Crippen LogP contribution is 2.29. The van der Waals surface area contributed by atoms with E-state index in [1.807, 2.05) is 0 Å². The molecule has 0 aliphatic carbocycles. The lowest BCUT2D eigenvalue weighted by Crippen LogP contribution is -2.17. The molecule has 3 unspecified atom stereocenters. The summed E-state index contributed by atoms with van der Waals surface area (Å²) in [6.07, 6.45) is 3.86. The second-order valence-corrected chi connectivity index (χ2v) is 3.29. The van der Waals surface area contributed by atoms with Gasteiger partial charge in [0.25, 0.3) is 0 Å². The largest absolute Gasteiger partial charge is 0.396 e. The number of aliphatic hydroxyl groups excluding tert-OH is 1. The van der Waals surface area contributed by atoms with Gasteiger partial charge < -0.3 is 9.84 Å². The normalized spacial score (nSPS) is 37.9. The van der Waals surface area contributed by atoms with E-state index in [1.165, 1.54) is 0 Å². The Balaban J connectivity index is 2.41. The average molecular weight is 158 g/mol. The molecule has 1 fully saturated rings. The van der Waals surface area contributed by atoms with E-state index in [2.05, 4.69) is 13.8 Å². The molecular formula is C9H18O2. The van der Waals surface area contributed by atoms with Crippen LogP contribution in [0.4, 0.5) is 0 Å². The molecule has 0 radical (unpaired) electrons. The highest BCUT2D eigenvalue weighted by Gasteiger charge is 2.32. The summed E-state index contributed by atoms with van der Waals surface area (Å²) in [4.78, 5) is 0. The smallest absolute Gasteiger partial charge is 0.0627 e. The van der Waals surface area contributed by atoms with Crippen LogP contribution in [0.25, 0.3) is 0 Å². The molecule has 1 rings (SSSR count). The van der Waals surface area contributed by atoms with Gasteiger partial charge in [-0.15, -0.1) is 0 Å². The fraction of sp³-hybridized carbons (Fsp3) is 1.00. The standard InChI is InChI=1S/C9H18O2/c1-3-8-5-7(6-10)9(4-2)11-8/h7-10H,3-6H2,1-2H3. The molecule has 0 aromatic rings. The zero-order valence-electron chi connectivity index (χ0n) is 7.42. The summed E-state index contributed by atoms with van der Waals surface area (Å²) in [5, 5.41) is 9.00. The van der Waals surface area contributed by atoms with Crippen molar-refractivity contribution in [2.75, 3.05) is 6.61 Å². The lowest BCUT2D eigenvalue weighted by Gasteiger charge is -2.13. The third-order valence-corrected chi connectivity index (χ3v) is 2.55. The maximum absolute atomic E-state index is 9.00. The Morgan fingerprint density at radius 1 is 1.36 bits per heavy atom. The van der Waals surface area contributed by atoms with Crippen molar-refractivity contribution in [2.24, 2.45) is 5.92 Å². The van der Waals surface area contributed by atoms with E-state index in [0.717, 1.165) is 19.3 Å². The predicted octanol–water partition coefficient (Wildman–Crippen LogP) is 1.57. The Kier molecular flexibility index (Phi) is 3.34. The minimum absolute atomic E-state index is 0.287. The first-order valence-electron chi connectivity index (χ1n) is 4.58. The van der Waals surface area contributed by atoms with Crippen molar-refractivity contribution in [1.29, 1.82) is 0 Å². The van der Waals surface area contributed by atoms with Crippen LogP contribution in [0.1, 0.15) is 33.1 Å². The predicted molar refractivity (Wildman–Crippen MR) is 44.4 cm³/mol. The molecule has 2 nitrogen and oxygen atoms in total. The third kappa shape index (κ3) is 1.94. The van der Waals surface area contributed by atoms with Crippen molar-refractivity contribution in [3.63, 3.8) is 0 Å². The van der Waals surface area contributed by atoms with Crippen molar-refractivity contribution in [3.05, 3.63) is 0 Å². The van der Waals surface area contributed by atoms with E-state index in [0.29, 0.717) is 18.1 Å². The SMILES string of the molecule is CCC1CC(CO)C(CC)O1. The van der Waals surface area contributed by atoms with Crippen LogP contribution in [0.15, 0.2) is 0 Å². The molecule has 1 heterocycles. The van der Waals surface area contributed by atoms with E-state index < -0.39 is 0 Å². The summed E-state index contributed by atoms with van der Waals surface area (Å²) in [5.74, 6) is 0.393. The molecule has 0 spiro atoms. The Hall–Kier alpha value is -0.0800. The summed E-state index contributed by atoms with van der Waals surface area (Å²) in [6, 6.07) is 0. The topological polar surface area (TPSA) is 29.5 Å². The molecular weight excluding hydrogens is 140 g/mol. The van der Waals surface area contributed by atoms with Crippen LogP contribution in [0, 0.1) is 5.92 Å². The quantitative estimate of drug-likeness (QED) is 0.675. The molecule has 0 amide bonds. The van der Waals surface area contributed by atoms with E-state index in [1.54, 1.807) is 0 Å². The number of aliphatic hydroxyl groups is 1. The van der Waals surface area contributed by atoms with Crippen molar-refractivity contribution in [2.45, 2.75) is 45.3 Å². The molecule has 1 aliphatic rings. The number of hydrogen-bond donors (Lipinski definition) is 1. The van der Waals surface area contributed by atoms with Crippen LogP contribution in [-0.2, 0) is 4.74 Å². The van der Waals surface area contributed by atoms with Gasteiger partial charge in [0.2, 0.25) is 0 Å². The lowest BCUT2D eigenvalue weighted by atomic mass is 9.98. The molecule has 0 aromatic carbocycles. The summed E-state index contributed by atoms with van der Waals surface area (Å²) in [6.45, 7) is 4.54. The zero-order valence-corrected chi connectivity index (χ0v) is 7.42. The maximum atomic E-state index is 9.00. The van der Waals surface area contributed by atoms with E-state index in [9.17, 15) is 0 Å². The first-order chi connectivity index (χ1) is 5.31. The van der Waals surface area contributed by atoms with Gasteiger partial charge in [0.15, 0.2) is 0 Å². The maximum Gasteiger partial charge on any atom is 0.0627 e. The fourth-order valence-electron chi connectivity index (χ4n) is 1.79. The van der Waals surface area contributed by atoms with Crippen molar-refractivity contribution in [3.8, 4) is 0 Å². The van der Waals surface area contributed by atoms with Gasteiger partial charge in [-0.05, 0) is 19.3 Å². The molecule has 1 N–H and O–H groups in total. The van der Waals surface area contributed by atoms with Crippen molar-refractivity contribution >= 4 is 0 Å². The molecule has 66 valence electrons. The van der Waals surface area contributed by atoms with E-state index >= 15 is 0 Å². The van der Waals surface area contributed by atoms with Crippen molar-refractivity contribution in [1.82, 2.24) is 0 Å². The Labute approximate surface area is 68.6 Å². The van der Waals surface area contributed by atoms with Crippen molar-refractivity contribution < 1.29 is 9.84 Å². The fourth-order valence-corrected chi connectivity index (χ4v) is 1.79. The Bertz CT molecular complexity index is 102. The van der Waals surface area contributed by atoms with Crippen LogP contribution >= 0.6 is 0 Å². The minimum atomic E-state index is 0.287. The Morgan fingerprint density at radius 2 is 2.09 bits per heavy atom. The summed E-state index contributed by atoms with van der Waals surface area (Å²) in [7, 11) is 0. The van der Waals surface area contributed by atoms with Crippen LogP contribution in [0.3, 0.4) is 0 Å². The second-order valence-electron chi connectivity index (χ2n) is 3.29. The van der Waals surface area contributed by atoms with Crippen LogP contribution < -0.4 is 0 Å². The molecule has 3 atom stereocenters. The van der Waals surface area contributed by atoms with Crippen LogP contribution in [0.2, 0.25) is 0 Å². The number of rotatable bonds is 3. The van der Waals surface area contributed by atoms with E-state index in [4.69, 9.17) is 9.84 Å². The van der Waals surface area contributed by atoms with Crippen LogP contribution in [-0.4, -0.2) is 23.9 Å². The molecule has 1 aliphatic heterocycles. The van der Waals surface area contributed by atoms with Gasteiger partial charge in [-0.1, -0.05) is 13.8 Å². The van der Waals surface area contributed by atoms with Gasteiger partial charge in [-0.3, -0.25) is 0 Å². The third-order valence-electron chi connectivity index (χ3n) is 2.55. The number of ether oxygens (including phenoxy) is 1. The van der Waals surface area contributed by atoms with Gasteiger partial charge in [-0.25, -0.2) is 0 Å². The lowest BCUT2D eigenvalue weighted by molar-refractivity contribution is 0.0234. The summed E-state index contributed by atoms with van der Waals surface area (Å²) in [5.41, 5.74) is 0. The van der Waals surface area contributed by atoms with Gasteiger partial charge in [0, 0.05) is 12.5 Å². The molecule has 11 heavy (non-hydrogen) atoms. The molecule has 2 heteroatoms. The molecule has 0 saturated carbocycles. The highest BCUT2D eigenvalue weighted by atomic mass is 16.5. The first kappa shape index (κ1) is 9.01. The van der Waals surface area contributed by atoms with Gasteiger partial charge >= 0.3 is 0 Å². The highest BCUT2D eigenvalue weighted by molar-refractivity contribution is 4.80. The zero-order chi connectivity index (χ0) is 8.27. The first-order valence-corrected chi connectivity index (χ1v) is 4.58. The second kappa shape index (κ2) is 4.07. The average Bonchev–Trinajstić information content (AvgIpc) is 2.46. The summed E-state index contributed by atoms with van der Waals surface area (Å²) >= 11 is 0.